The zero-order valence-corrected chi connectivity index (χ0v) is 20.1. The molecular weight excluding hydrogens is 460 g/mol. The van der Waals surface area contributed by atoms with E-state index in [1.165, 1.54) is 22.9 Å². The predicted molar refractivity (Wildman–Crippen MR) is 126 cm³/mol. The summed E-state index contributed by atoms with van der Waals surface area (Å²) in [6.45, 7) is 5.05. The molecule has 2 aromatic carbocycles. The van der Waals surface area contributed by atoms with E-state index in [-0.39, 0.29) is 24.8 Å². The van der Waals surface area contributed by atoms with Crippen molar-refractivity contribution in [3.05, 3.63) is 98.3 Å². The van der Waals surface area contributed by atoms with Gasteiger partial charge in [-0.15, -0.1) is 0 Å². The van der Waals surface area contributed by atoms with Gasteiger partial charge in [-0.05, 0) is 38.5 Å². The lowest BCUT2D eigenvalue weighted by Crippen LogP contribution is -2.38. The Morgan fingerprint density at radius 2 is 1.68 bits per heavy atom. The molecule has 34 heavy (non-hydrogen) atoms. The van der Waals surface area contributed by atoms with Gasteiger partial charge >= 0.3 is 5.69 Å². The third-order valence-electron chi connectivity index (χ3n) is 5.12. The number of aromatic nitrogens is 2. The monoisotopic (exact) mass is 488 g/mol. The maximum Gasteiger partial charge on any atom is 0.330 e. The Labute approximate surface area is 198 Å². The maximum atomic E-state index is 12.8. The van der Waals surface area contributed by atoms with Crippen LogP contribution in [0.5, 0.6) is 0 Å². The molecule has 0 fully saturated rings. The molecule has 0 unspecified atom stereocenters. The first kappa shape index (κ1) is 25.6. The number of nitrogens with zero attached hydrogens (tertiary/aromatic N) is 1. The molecule has 10 heteroatoms. The van der Waals surface area contributed by atoms with E-state index in [9.17, 15) is 18.0 Å². The third-order valence-corrected chi connectivity index (χ3v) is 6.53. The van der Waals surface area contributed by atoms with Gasteiger partial charge in [-0.25, -0.2) is 4.79 Å². The lowest BCUT2D eigenvalue weighted by Gasteiger charge is -2.24. The summed E-state index contributed by atoms with van der Waals surface area (Å²) in [6, 6.07) is 15.8. The molecule has 1 aromatic heterocycles. The SMILES string of the molecule is Cc1ccc(S(=O)(=O)O[C@@H](C)[C@@H](COCc2ccccc2)OCn2cc(C)c(=O)[nH]c2=O)cc1. The summed E-state index contributed by atoms with van der Waals surface area (Å²) in [5, 5.41) is 0. The summed E-state index contributed by atoms with van der Waals surface area (Å²) in [7, 11) is -4.05. The topological polar surface area (TPSA) is 117 Å². The van der Waals surface area contributed by atoms with Crippen LogP contribution in [0.3, 0.4) is 0 Å². The van der Waals surface area contributed by atoms with E-state index in [2.05, 4.69) is 4.98 Å². The second-order valence-electron chi connectivity index (χ2n) is 7.94. The molecule has 182 valence electrons. The van der Waals surface area contributed by atoms with E-state index in [0.717, 1.165) is 11.1 Å². The van der Waals surface area contributed by atoms with E-state index in [1.807, 2.05) is 37.3 Å². The summed E-state index contributed by atoms with van der Waals surface area (Å²) in [6.07, 6.45) is -0.387. The maximum absolute atomic E-state index is 12.8. The minimum Gasteiger partial charge on any atom is -0.374 e. The molecule has 0 bridgehead atoms. The molecule has 3 rings (SSSR count). The number of benzene rings is 2. The average molecular weight is 489 g/mol. The van der Waals surface area contributed by atoms with Gasteiger partial charge in [-0.1, -0.05) is 48.0 Å². The highest BCUT2D eigenvalue weighted by Crippen LogP contribution is 2.18. The van der Waals surface area contributed by atoms with Crippen LogP contribution in [-0.2, 0) is 37.1 Å². The fraction of sp³-hybridized carbons (Fsp3) is 0.333. The Kier molecular flexibility index (Phi) is 8.56. The molecule has 1 N–H and O–H groups in total. The van der Waals surface area contributed by atoms with Crippen molar-refractivity contribution in [2.75, 3.05) is 6.61 Å². The van der Waals surface area contributed by atoms with Crippen LogP contribution in [0, 0.1) is 13.8 Å². The number of hydrogen-bond acceptors (Lipinski definition) is 7. The van der Waals surface area contributed by atoms with Crippen LogP contribution < -0.4 is 11.2 Å². The van der Waals surface area contributed by atoms with Crippen molar-refractivity contribution in [2.24, 2.45) is 0 Å². The average Bonchev–Trinajstić information content (AvgIpc) is 2.79. The highest BCUT2D eigenvalue weighted by molar-refractivity contribution is 7.86. The van der Waals surface area contributed by atoms with E-state index in [1.54, 1.807) is 26.0 Å². The van der Waals surface area contributed by atoms with E-state index >= 15 is 0 Å². The van der Waals surface area contributed by atoms with Crippen LogP contribution in [0.15, 0.2) is 75.3 Å². The quantitative estimate of drug-likeness (QED) is 0.412. The number of nitrogens with one attached hydrogen (secondary N) is 1. The zero-order valence-electron chi connectivity index (χ0n) is 19.3. The first-order valence-corrected chi connectivity index (χ1v) is 12.1. The number of aromatic amines is 1. The number of H-pyrrole nitrogens is 1. The van der Waals surface area contributed by atoms with Gasteiger partial charge in [0.2, 0.25) is 0 Å². The molecule has 0 aliphatic heterocycles. The van der Waals surface area contributed by atoms with E-state index < -0.39 is 33.6 Å². The Hall–Kier alpha value is -3.05. The lowest BCUT2D eigenvalue weighted by molar-refractivity contribution is -0.0911. The van der Waals surface area contributed by atoms with Crippen molar-refractivity contribution in [3.8, 4) is 0 Å². The molecule has 0 spiro atoms. The molecule has 2 atom stereocenters. The van der Waals surface area contributed by atoms with Crippen LogP contribution in [0.1, 0.15) is 23.6 Å². The number of hydrogen-bond donors (Lipinski definition) is 1. The minimum absolute atomic E-state index is 0.0105. The highest BCUT2D eigenvalue weighted by atomic mass is 32.2. The first-order valence-electron chi connectivity index (χ1n) is 10.7. The van der Waals surface area contributed by atoms with Gasteiger partial charge in [0.15, 0.2) is 0 Å². The molecular formula is C24H28N2O7S. The first-order chi connectivity index (χ1) is 16.2. The fourth-order valence-corrected chi connectivity index (χ4v) is 4.20. The molecule has 0 aliphatic rings. The van der Waals surface area contributed by atoms with Crippen LogP contribution >= 0.6 is 0 Å². The second-order valence-corrected chi connectivity index (χ2v) is 9.52. The van der Waals surface area contributed by atoms with Crippen molar-refractivity contribution in [1.82, 2.24) is 9.55 Å². The highest BCUT2D eigenvalue weighted by Gasteiger charge is 2.27. The van der Waals surface area contributed by atoms with Gasteiger partial charge in [-0.2, -0.15) is 8.42 Å². The summed E-state index contributed by atoms with van der Waals surface area (Å²) in [5.41, 5.74) is 1.08. The smallest absolute Gasteiger partial charge is 0.330 e. The number of ether oxygens (including phenoxy) is 2. The van der Waals surface area contributed by atoms with Gasteiger partial charge < -0.3 is 9.47 Å². The molecule has 0 saturated carbocycles. The molecule has 9 nitrogen and oxygen atoms in total. The number of rotatable bonds is 11. The van der Waals surface area contributed by atoms with Gasteiger partial charge in [0, 0.05) is 11.8 Å². The summed E-state index contributed by atoms with van der Waals surface area (Å²) >= 11 is 0. The van der Waals surface area contributed by atoms with Crippen molar-refractivity contribution in [3.63, 3.8) is 0 Å². The van der Waals surface area contributed by atoms with Crippen molar-refractivity contribution < 1.29 is 22.1 Å². The van der Waals surface area contributed by atoms with Gasteiger partial charge in [-0.3, -0.25) is 18.5 Å². The molecule has 3 aromatic rings. The molecule has 0 aliphatic carbocycles. The molecule has 0 radical (unpaired) electrons. The molecule has 0 saturated heterocycles. The fourth-order valence-electron chi connectivity index (χ4n) is 3.10. The minimum atomic E-state index is -4.05. The number of aryl methyl sites for hydroxylation is 2. The van der Waals surface area contributed by atoms with Crippen LogP contribution in [-0.4, -0.2) is 36.8 Å². The van der Waals surface area contributed by atoms with E-state index in [4.69, 9.17) is 13.7 Å². The molecule has 0 amide bonds. The van der Waals surface area contributed by atoms with Crippen LogP contribution in [0.2, 0.25) is 0 Å². The van der Waals surface area contributed by atoms with Crippen molar-refractivity contribution in [2.45, 2.75) is 51.2 Å². The standard InChI is InChI=1S/C24H28N2O7S/c1-17-9-11-21(12-10-17)34(29,30)33-19(3)22(15-31-14-20-7-5-4-6-8-20)32-16-26-13-18(2)23(27)25-24(26)28/h4-13,19,22H,14-16H2,1-3H3,(H,25,27,28)/t19-,22+/m0/s1. The zero-order chi connectivity index (χ0) is 24.7. The third kappa shape index (κ3) is 6.97. The van der Waals surface area contributed by atoms with Crippen LogP contribution in [0.4, 0.5) is 0 Å². The Morgan fingerprint density at radius 3 is 2.35 bits per heavy atom. The van der Waals surface area contributed by atoms with Gasteiger partial charge in [0.25, 0.3) is 15.7 Å². The van der Waals surface area contributed by atoms with Crippen LogP contribution in [0.25, 0.3) is 0 Å². The van der Waals surface area contributed by atoms with Crippen molar-refractivity contribution >= 4 is 10.1 Å². The normalized spacial score (nSPS) is 13.5. The van der Waals surface area contributed by atoms with Gasteiger partial charge in [0.05, 0.1) is 18.1 Å². The summed E-state index contributed by atoms with van der Waals surface area (Å²) in [4.78, 5) is 25.9. The summed E-state index contributed by atoms with van der Waals surface area (Å²) < 4.78 is 43.7. The largest absolute Gasteiger partial charge is 0.374 e. The predicted octanol–water partition coefficient (Wildman–Crippen LogP) is 2.51. The Bertz CT molecular complexity index is 1300. The van der Waals surface area contributed by atoms with Crippen molar-refractivity contribution in [1.29, 1.82) is 0 Å². The van der Waals surface area contributed by atoms with E-state index in [0.29, 0.717) is 5.56 Å². The second kappa shape index (κ2) is 11.4. The Morgan fingerprint density at radius 1 is 1.00 bits per heavy atom. The molecule has 1 heterocycles. The lowest BCUT2D eigenvalue weighted by atomic mass is 10.2. The Balaban J connectivity index is 1.74. The summed E-state index contributed by atoms with van der Waals surface area (Å²) in [5.74, 6) is 0. The van der Waals surface area contributed by atoms with Gasteiger partial charge in [0.1, 0.15) is 18.9 Å².